The number of carbonyl (C=O) groups excluding carboxylic acids is 1. The van der Waals surface area contributed by atoms with Gasteiger partial charge in [-0.2, -0.15) is 5.26 Å². The smallest absolute Gasteiger partial charge is 0.251 e. The van der Waals surface area contributed by atoms with Gasteiger partial charge in [-0.1, -0.05) is 0 Å². The Morgan fingerprint density at radius 2 is 2.10 bits per heavy atom. The molecule has 0 aliphatic carbocycles. The molecule has 9 heteroatoms. The van der Waals surface area contributed by atoms with Gasteiger partial charge >= 0.3 is 0 Å². The Balaban J connectivity index is 1.76. The van der Waals surface area contributed by atoms with Crippen LogP contribution in [0.4, 0.5) is 5.69 Å². The fourth-order valence-electron chi connectivity index (χ4n) is 3.50. The Morgan fingerprint density at radius 1 is 1.38 bits per heavy atom. The predicted molar refractivity (Wildman–Crippen MR) is 108 cm³/mol. The van der Waals surface area contributed by atoms with Crippen LogP contribution in [0.1, 0.15) is 12.5 Å². The highest BCUT2D eigenvalue weighted by molar-refractivity contribution is 5.92. The van der Waals surface area contributed by atoms with Crippen LogP contribution in [0.2, 0.25) is 0 Å². The molecule has 0 spiro atoms. The van der Waals surface area contributed by atoms with Crippen molar-refractivity contribution < 1.29 is 14.6 Å². The lowest BCUT2D eigenvalue weighted by molar-refractivity contribution is -0.137. The Hall–Kier alpha value is -2.80. The van der Waals surface area contributed by atoms with Crippen LogP contribution in [0.3, 0.4) is 0 Å². The summed E-state index contributed by atoms with van der Waals surface area (Å²) in [4.78, 5) is 25.2. The number of nitrogens with one attached hydrogen (secondary N) is 1. The first-order chi connectivity index (χ1) is 13.9. The average Bonchev–Trinajstić information content (AvgIpc) is 2.70. The van der Waals surface area contributed by atoms with E-state index in [0.29, 0.717) is 36.2 Å². The maximum atomic E-state index is 12.6. The number of anilines is 1. The molecule has 154 valence electrons. The van der Waals surface area contributed by atoms with Gasteiger partial charge in [-0.3, -0.25) is 14.8 Å². The molecule has 2 N–H and O–H groups in total. The molecule has 1 aromatic carbocycles. The van der Waals surface area contributed by atoms with E-state index in [0.717, 1.165) is 5.69 Å². The summed E-state index contributed by atoms with van der Waals surface area (Å²) in [6.07, 6.45) is 1.65. The van der Waals surface area contributed by atoms with E-state index in [1.807, 2.05) is 36.9 Å². The Labute approximate surface area is 169 Å². The van der Waals surface area contributed by atoms with Crippen molar-refractivity contribution >= 4 is 22.6 Å². The summed E-state index contributed by atoms with van der Waals surface area (Å²) in [7, 11) is 3.72. The molecule has 2 aromatic rings. The van der Waals surface area contributed by atoms with Crippen molar-refractivity contribution in [1.82, 2.24) is 20.2 Å². The van der Waals surface area contributed by atoms with Crippen LogP contribution in [0.15, 0.2) is 24.5 Å². The van der Waals surface area contributed by atoms with Crippen LogP contribution in [-0.2, 0) is 9.53 Å². The number of fused-ring (bicyclic) bond motifs is 1. The molecule has 1 aromatic heterocycles. The second-order valence-electron chi connectivity index (χ2n) is 7.50. The first-order valence-corrected chi connectivity index (χ1v) is 9.53. The zero-order valence-electron chi connectivity index (χ0n) is 16.9. The zero-order valence-corrected chi connectivity index (χ0v) is 16.9. The van der Waals surface area contributed by atoms with Crippen molar-refractivity contribution in [2.45, 2.75) is 25.2 Å². The minimum Gasteiger partial charge on any atom is -0.390 e. The Kier molecular flexibility index (Phi) is 6.59. The van der Waals surface area contributed by atoms with Crippen molar-refractivity contribution in [1.29, 1.82) is 5.26 Å². The van der Waals surface area contributed by atoms with E-state index >= 15 is 0 Å². The van der Waals surface area contributed by atoms with Crippen LogP contribution < -0.4 is 10.2 Å². The highest BCUT2D eigenvalue weighted by atomic mass is 16.5. The van der Waals surface area contributed by atoms with Crippen LogP contribution in [0.5, 0.6) is 0 Å². The molecule has 9 nitrogen and oxygen atoms in total. The molecule has 29 heavy (non-hydrogen) atoms. The minimum atomic E-state index is -0.673. The number of amides is 1. The highest BCUT2D eigenvalue weighted by Gasteiger charge is 2.31. The largest absolute Gasteiger partial charge is 0.390 e. The van der Waals surface area contributed by atoms with Crippen molar-refractivity contribution in [3.05, 3.63) is 30.1 Å². The average molecular weight is 398 g/mol. The van der Waals surface area contributed by atoms with Crippen molar-refractivity contribution in [3.63, 3.8) is 0 Å². The van der Waals surface area contributed by atoms with E-state index in [9.17, 15) is 15.2 Å². The second kappa shape index (κ2) is 9.13. The molecule has 3 rings (SSSR count). The van der Waals surface area contributed by atoms with E-state index in [1.54, 1.807) is 18.5 Å². The highest BCUT2D eigenvalue weighted by Crippen LogP contribution is 2.28. The lowest BCUT2D eigenvalue weighted by Crippen LogP contribution is -2.54. The van der Waals surface area contributed by atoms with Gasteiger partial charge in [0.05, 0.1) is 30.0 Å². The Morgan fingerprint density at radius 3 is 2.79 bits per heavy atom. The van der Waals surface area contributed by atoms with E-state index in [1.165, 1.54) is 0 Å². The first kappa shape index (κ1) is 20.9. The molecule has 0 saturated carbocycles. The molecule has 1 aliphatic rings. The predicted octanol–water partition coefficient (Wildman–Crippen LogP) is 0.134. The molecule has 0 unspecified atom stereocenters. The van der Waals surface area contributed by atoms with Gasteiger partial charge < -0.3 is 25.0 Å². The van der Waals surface area contributed by atoms with Gasteiger partial charge in [0, 0.05) is 32.0 Å². The number of rotatable bonds is 6. The number of nitrogens with zero attached hydrogens (tertiary/aromatic N) is 5. The third kappa shape index (κ3) is 4.98. The lowest BCUT2D eigenvalue weighted by Gasteiger charge is -2.37. The molecular weight excluding hydrogens is 372 g/mol. The van der Waals surface area contributed by atoms with E-state index in [4.69, 9.17) is 4.74 Å². The number of morpholine rings is 1. The van der Waals surface area contributed by atoms with Crippen LogP contribution in [0.25, 0.3) is 11.0 Å². The third-order valence-corrected chi connectivity index (χ3v) is 4.71. The lowest BCUT2D eigenvalue weighted by atomic mass is 10.1. The number of aromatic nitrogens is 2. The second-order valence-corrected chi connectivity index (χ2v) is 7.50. The van der Waals surface area contributed by atoms with Gasteiger partial charge in [-0.15, -0.1) is 0 Å². The van der Waals surface area contributed by atoms with E-state index < -0.39 is 12.2 Å². The summed E-state index contributed by atoms with van der Waals surface area (Å²) < 4.78 is 5.84. The maximum absolute atomic E-state index is 12.6. The van der Waals surface area contributed by atoms with E-state index in [2.05, 4.69) is 21.4 Å². The van der Waals surface area contributed by atoms with Gasteiger partial charge in [-0.25, -0.2) is 0 Å². The number of aliphatic hydroxyl groups is 1. The summed E-state index contributed by atoms with van der Waals surface area (Å²) in [6.45, 7) is 3.47. The maximum Gasteiger partial charge on any atom is 0.251 e. The first-order valence-electron chi connectivity index (χ1n) is 9.53. The number of hydrogen-bond donors (Lipinski definition) is 2. The van der Waals surface area contributed by atoms with Gasteiger partial charge in [0.1, 0.15) is 17.1 Å². The molecule has 1 aliphatic heterocycles. The van der Waals surface area contributed by atoms with Crippen LogP contribution >= 0.6 is 0 Å². The number of likely N-dealkylation sites (N-methyl/N-ethyl adjacent to an activating group) is 1. The molecule has 1 saturated heterocycles. The monoisotopic (exact) mass is 398 g/mol. The van der Waals surface area contributed by atoms with Gasteiger partial charge in [0.25, 0.3) is 5.91 Å². The van der Waals surface area contributed by atoms with Gasteiger partial charge in [-0.05, 0) is 33.2 Å². The summed E-state index contributed by atoms with van der Waals surface area (Å²) in [5, 5.41) is 22.1. The van der Waals surface area contributed by atoms with Gasteiger partial charge in [0.2, 0.25) is 0 Å². The van der Waals surface area contributed by atoms with Gasteiger partial charge in [0.15, 0.2) is 6.10 Å². The Bertz CT molecular complexity index is 913. The summed E-state index contributed by atoms with van der Waals surface area (Å²) in [6, 6.07) is 5.70. The number of benzene rings is 1. The number of carbonyl (C=O) groups is 1. The summed E-state index contributed by atoms with van der Waals surface area (Å²) in [5.41, 5.74) is 2.44. The van der Waals surface area contributed by atoms with Crippen molar-refractivity contribution in [3.8, 4) is 6.07 Å². The third-order valence-electron chi connectivity index (χ3n) is 4.71. The molecule has 1 fully saturated rings. The number of ether oxygens (including phenoxy) is 1. The van der Waals surface area contributed by atoms with Crippen LogP contribution in [0, 0.1) is 11.3 Å². The summed E-state index contributed by atoms with van der Waals surface area (Å²) >= 11 is 0. The van der Waals surface area contributed by atoms with Crippen molar-refractivity contribution in [2.75, 3.05) is 45.2 Å². The molecule has 0 radical (unpaired) electrons. The number of aliphatic hydroxyl groups excluding tert-OH is 1. The molecular formula is C20H26N6O3. The SMILES string of the molecule is C[C@@H]1CN(c2ccc(C#N)c3nccnc23)C[C@H](C(=O)NC[C@H](O)CN(C)C)O1. The molecule has 3 atom stereocenters. The van der Waals surface area contributed by atoms with Crippen LogP contribution in [-0.4, -0.2) is 84.5 Å². The number of nitriles is 1. The minimum absolute atomic E-state index is 0.163. The fourth-order valence-corrected chi connectivity index (χ4v) is 3.50. The standard InChI is InChI=1S/C20H26N6O3/c1-13-10-26(12-17(29-13)20(28)24-9-15(27)11-25(2)3)16-5-4-14(8-21)18-19(16)23-7-6-22-18/h4-7,13,15,17,27H,9-12H2,1-3H3,(H,24,28)/t13-,15+,17-/m1/s1. The normalized spacial score (nSPS) is 20.5. The zero-order chi connectivity index (χ0) is 21.0. The topological polar surface area (TPSA) is 115 Å². The van der Waals surface area contributed by atoms with Crippen molar-refractivity contribution in [2.24, 2.45) is 0 Å². The molecule has 2 heterocycles. The number of hydrogen-bond acceptors (Lipinski definition) is 8. The molecule has 1 amide bonds. The fraction of sp³-hybridized carbons (Fsp3) is 0.500. The van der Waals surface area contributed by atoms with E-state index in [-0.39, 0.29) is 18.6 Å². The molecule has 0 bridgehead atoms. The quantitative estimate of drug-likeness (QED) is 0.706. The summed E-state index contributed by atoms with van der Waals surface area (Å²) in [5.74, 6) is -0.261.